The van der Waals surface area contributed by atoms with Crippen molar-refractivity contribution in [2.24, 2.45) is 0 Å². The third-order valence-electron chi connectivity index (χ3n) is 2.21. The molecule has 0 atom stereocenters. The Balaban J connectivity index is 2.56. The van der Waals surface area contributed by atoms with Crippen molar-refractivity contribution in [1.82, 2.24) is 14.6 Å². The van der Waals surface area contributed by atoms with Crippen molar-refractivity contribution in [3.05, 3.63) is 24.4 Å². The second kappa shape index (κ2) is 6.53. The maximum Gasteiger partial charge on any atom is 0.302 e. The van der Waals surface area contributed by atoms with Crippen molar-refractivity contribution in [2.45, 2.75) is 6.42 Å². The fourth-order valence-electron chi connectivity index (χ4n) is 1.23. The summed E-state index contributed by atoms with van der Waals surface area (Å²) in [4.78, 5) is 3.91. The van der Waals surface area contributed by atoms with Crippen LogP contribution in [0, 0.1) is 0 Å². The predicted octanol–water partition coefficient (Wildman–Crippen LogP) is 0.280. The van der Waals surface area contributed by atoms with E-state index in [2.05, 4.69) is 15.0 Å². The topological polar surface area (TPSA) is 74.3 Å². The molecule has 96 valence electrons. The van der Waals surface area contributed by atoms with Gasteiger partial charge in [0.25, 0.3) is 0 Å². The lowest BCUT2D eigenvalue weighted by molar-refractivity contribution is 0.462. The highest BCUT2D eigenvalue weighted by molar-refractivity contribution is 7.90. The van der Waals surface area contributed by atoms with Crippen LogP contribution in [0.15, 0.2) is 24.4 Å². The van der Waals surface area contributed by atoms with Crippen LogP contribution in [-0.2, 0) is 10.2 Å². The molecule has 0 aliphatic rings. The van der Waals surface area contributed by atoms with E-state index in [1.165, 1.54) is 4.31 Å². The zero-order chi connectivity index (χ0) is 12.7. The van der Waals surface area contributed by atoms with Gasteiger partial charge in [0.1, 0.15) is 5.82 Å². The molecule has 0 aromatic carbocycles. The molecule has 1 aromatic heterocycles. The smallest absolute Gasteiger partial charge is 0.302 e. The molecule has 6 nitrogen and oxygen atoms in total. The standard InChI is InChI=1S/C10H18N4O2S/c1-11-7-5-9-14(2)17(15,16)13-10-6-3-4-8-12-10/h3-4,6,8,11H,5,7,9H2,1-2H3,(H,12,13). The minimum Gasteiger partial charge on any atom is -0.320 e. The molecule has 0 fully saturated rings. The van der Waals surface area contributed by atoms with E-state index >= 15 is 0 Å². The van der Waals surface area contributed by atoms with Gasteiger partial charge < -0.3 is 5.32 Å². The van der Waals surface area contributed by atoms with Crippen molar-refractivity contribution in [1.29, 1.82) is 0 Å². The van der Waals surface area contributed by atoms with Gasteiger partial charge in [-0.3, -0.25) is 4.72 Å². The predicted molar refractivity (Wildman–Crippen MR) is 68.0 cm³/mol. The minimum atomic E-state index is -3.50. The number of pyridine rings is 1. The number of hydrogen-bond donors (Lipinski definition) is 2. The quantitative estimate of drug-likeness (QED) is 0.689. The zero-order valence-electron chi connectivity index (χ0n) is 10.0. The summed E-state index contributed by atoms with van der Waals surface area (Å²) >= 11 is 0. The van der Waals surface area contributed by atoms with Crippen LogP contribution in [0.25, 0.3) is 0 Å². The first-order valence-electron chi connectivity index (χ1n) is 5.36. The van der Waals surface area contributed by atoms with Gasteiger partial charge in [0.05, 0.1) is 0 Å². The van der Waals surface area contributed by atoms with Crippen LogP contribution in [0.4, 0.5) is 5.82 Å². The van der Waals surface area contributed by atoms with E-state index in [9.17, 15) is 8.42 Å². The zero-order valence-corrected chi connectivity index (χ0v) is 10.9. The SMILES string of the molecule is CNCCCN(C)S(=O)(=O)Nc1ccccn1. The van der Waals surface area contributed by atoms with Crippen LogP contribution < -0.4 is 10.0 Å². The molecule has 7 heteroatoms. The van der Waals surface area contributed by atoms with Gasteiger partial charge >= 0.3 is 10.2 Å². The summed E-state index contributed by atoms with van der Waals surface area (Å²) in [5.41, 5.74) is 0. The number of nitrogens with one attached hydrogen (secondary N) is 2. The van der Waals surface area contributed by atoms with Crippen molar-refractivity contribution < 1.29 is 8.42 Å². The highest BCUT2D eigenvalue weighted by Crippen LogP contribution is 2.06. The average molecular weight is 258 g/mol. The normalized spacial score (nSPS) is 11.7. The third-order valence-corrected chi connectivity index (χ3v) is 3.68. The van der Waals surface area contributed by atoms with Crippen LogP contribution in [-0.4, -0.2) is 44.9 Å². The molecule has 0 saturated carbocycles. The van der Waals surface area contributed by atoms with Gasteiger partial charge in [-0.15, -0.1) is 0 Å². The molecule has 0 aliphatic carbocycles. The Kier molecular flexibility index (Phi) is 5.33. The van der Waals surface area contributed by atoms with Crippen LogP contribution >= 0.6 is 0 Å². The van der Waals surface area contributed by atoms with Crippen molar-refractivity contribution in [3.63, 3.8) is 0 Å². The summed E-state index contributed by atoms with van der Waals surface area (Å²) in [5, 5.41) is 2.97. The molecule has 0 unspecified atom stereocenters. The lowest BCUT2D eigenvalue weighted by atomic mass is 10.4. The second-order valence-corrected chi connectivity index (χ2v) is 5.38. The number of hydrogen-bond acceptors (Lipinski definition) is 4. The van der Waals surface area contributed by atoms with E-state index in [4.69, 9.17) is 0 Å². The summed E-state index contributed by atoms with van der Waals surface area (Å²) in [6, 6.07) is 5.07. The van der Waals surface area contributed by atoms with E-state index in [0.29, 0.717) is 12.4 Å². The Morgan fingerprint density at radius 1 is 1.41 bits per heavy atom. The van der Waals surface area contributed by atoms with Crippen LogP contribution in [0.3, 0.4) is 0 Å². The lowest BCUT2D eigenvalue weighted by Gasteiger charge is -2.17. The fourth-order valence-corrected chi connectivity index (χ4v) is 2.14. The maximum absolute atomic E-state index is 11.8. The molecule has 1 heterocycles. The molecule has 0 aliphatic heterocycles. The summed E-state index contributed by atoms with van der Waals surface area (Å²) in [6.45, 7) is 1.24. The molecule has 0 saturated heterocycles. The van der Waals surface area contributed by atoms with Crippen molar-refractivity contribution in [2.75, 3.05) is 31.9 Å². The summed E-state index contributed by atoms with van der Waals surface area (Å²) < 4.78 is 27.4. The van der Waals surface area contributed by atoms with Crippen LogP contribution in [0.5, 0.6) is 0 Å². The van der Waals surface area contributed by atoms with Gasteiger partial charge in [0.2, 0.25) is 0 Å². The second-order valence-electron chi connectivity index (χ2n) is 3.60. The summed E-state index contributed by atoms with van der Waals surface area (Å²) in [5.74, 6) is 0.327. The van der Waals surface area contributed by atoms with Crippen molar-refractivity contribution >= 4 is 16.0 Å². The minimum absolute atomic E-state index is 0.327. The van der Waals surface area contributed by atoms with E-state index in [0.717, 1.165) is 13.0 Å². The molecule has 0 spiro atoms. The van der Waals surface area contributed by atoms with Crippen LogP contribution in [0.1, 0.15) is 6.42 Å². The lowest BCUT2D eigenvalue weighted by Crippen LogP contribution is -2.34. The highest BCUT2D eigenvalue weighted by atomic mass is 32.2. The van der Waals surface area contributed by atoms with Gasteiger partial charge in [-0.1, -0.05) is 6.07 Å². The van der Waals surface area contributed by atoms with Gasteiger partial charge in [0.15, 0.2) is 0 Å². The third kappa shape index (κ3) is 4.68. The molecule has 1 aromatic rings. The Hall–Kier alpha value is -1.18. The first kappa shape index (κ1) is 13.9. The van der Waals surface area contributed by atoms with E-state index in [1.54, 1.807) is 31.4 Å². The summed E-state index contributed by atoms with van der Waals surface area (Å²) in [6.07, 6.45) is 2.30. The average Bonchev–Trinajstić information content (AvgIpc) is 2.30. The van der Waals surface area contributed by atoms with E-state index in [-0.39, 0.29) is 0 Å². The van der Waals surface area contributed by atoms with Gasteiger partial charge in [-0.05, 0) is 32.1 Å². The van der Waals surface area contributed by atoms with Gasteiger partial charge in [-0.25, -0.2) is 4.98 Å². The molecule has 2 N–H and O–H groups in total. The molecular formula is C10H18N4O2S. The Bertz CT molecular complexity index is 421. The monoisotopic (exact) mass is 258 g/mol. The molecule has 1 rings (SSSR count). The van der Waals surface area contributed by atoms with E-state index < -0.39 is 10.2 Å². The molecule has 0 amide bonds. The largest absolute Gasteiger partial charge is 0.320 e. The van der Waals surface area contributed by atoms with Gasteiger partial charge in [-0.2, -0.15) is 12.7 Å². The first-order chi connectivity index (χ1) is 8.06. The Morgan fingerprint density at radius 3 is 2.76 bits per heavy atom. The highest BCUT2D eigenvalue weighted by Gasteiger charge is 2.17. The molecule has 0 bridgehead atoms. The van der Waals surface area contributed by atoms with E-state index in [1.807, 2.05) is 7.05 Å². The number of nitrogens with zero attached hydrogens (tertiary/aromatic N) is 2. The number of aromatic nitrogens is 1. The first-order valence-corrected chi connectivity index (χ1v) is 6.80. The van der Waals surface area contributed by atoms with Crippen LogP contribution in [0.2, 0.25) is 0 Å². The van der Waals surface area contributed by atoms with Gasteiger partial charge in [0, 0.05) is 19.8 Å². The Morgan fingerprint density at radius 2 is 2.18 bits per heavy atom. The number of anilines is 1. The fraction of sp³-hybridized carbons (Fsp3) is 0.500. The summed E-state index contributed by atoms with van der Waals surface area (Å²) in [7, 11) is -0.124. The molecular weight excluding hydrogens is 240 g/mol. The maximum atomic E-state index is 11.8. The molecule has 0 radical (unpaired) electrons. The molecule has 17 heavy (non-hydrogen) atoms. The Labute approximate surface area is 102 Å². The van der Waals surface area contributed by atoms with Crippen molar-refractivity contribution in [3.8, 4) is 0 Å². The number of rotatable bonds is 7.